The number of aromatic nitrogens is 1. The topological polar surface area (TPSA) is 39.7 Å². The Kier molecular flexibility index (Phi) is 4.93. The number of carbonyl (C=O) groups is 1. The number of anilines is 1. The molecule has 0 saturated carbocycles. The number of pyridine rings is 1. The van der Waals surface area contributed by atoms with Crippen molar-refractivity contribution in [2.45, 2.75) is 45.1 Å². The summed E-state index contributed by atoms with van der Waals surface area (Å²) in [6.45, 7) is 8.56. The molecule has 0 aliphatic carbocycles. The van der Waals surface area contributed by atoms with Crippen LogP contribution in [0.4, 0.5) is 5.82 Å². The highest BCUT2D eigenvalue weighted by Gasteiger charge is 2.31. The Hall–Kier alpha value is -1.62. The lowest BCUT2D eigenvalue weighted by Crippen LogP contribution is -2.39. The summed E-state index contributed by atoms with van der Waals surface area (Å²) in [7, 11) is 0. The standard InChI is InChI=1S/C20H30N4O/c1-16-7-12-23(13-8-16)19-6-5-17(14-21-19)20(25)24-11-3-10-22-9-2-4-18(22)15-24/h5-6,14,16,18H,2-4,7-13,15H2,1H3/t18-/m1/s1. The summed E-state index contributed by atoms with van der Waals surface area (Å²) in [5.74, 6) is 1.98. The predicted molar refractivity (Wildman–Crippen MR) is 100.0 cm³/mol. The van der Waals surface area contributed by atoms with Gasteiger partial charge in [-0.05, 0) is 56.7 Å². The van der Waals surface area contributed by atoms with Crippen LogP contribution in [-0.4, -0.2) is 66.0 Å². The number of nitrogens with zero attached hydrogens (tertiary/aromatic N) is 4. The third kappa shape index (κ3) is 3.66. The van der Waals surface area contributed by atoms with Crippen LogP contribution in [0, 0.1) is 5.92 Å². The minimum absolute atomic E-state index is 0.153. The molecule has 0 N–H and O–H groups in total. The van der Waals surface area contributed by atoms with Crippen molar-refractivity contribution in [3.8, 4) is 0 Å². The van der Waals surface area contributed by atoms with Crippen molar-refractivity contribution < 1.29 is 4.79 Å². The Bertz CT molecular complexity index is 594. The molecule has 3 aliphatic rings. The molecular formula is C20H30N4O. The smallest absolute Gasteiger partial charge is 0.255 e. The van der Waals surface area contributed by atoms with Gasteiger partial charge in [-0.25, -0.2) is 4.98 Å². The van der Waals surface area contributed by atoms with Gasteiger partial charge < -0.3 is 9.80 Å². The van der Waals surface area contributed by atoms with Gasteiger partial charge in [-0.1, -0.05) is 6.92 Å². The van der Waals surface area contributed by atoms with Crippen LogP contribution in [0.15, 0.2) is 18.3 Å². The first-order valence-electron chi connectivity index (χ1n) is 9.95. The molecule has 5 nitrogen and oxygen atoms in total. The normalized spacial score (nSPS) is 25.7. The fourth-order valence-corrected chi connectivity index (χ4v) is 4.51. The molecule has 0 spiro atoms. The summed E-state index contributed by atoms with van der Waals surface area (Å²) in [6.07, 6.45) is 7.83. The summed E-state index contributed by atoms with van der Waals surface area (Å²) in [5.41, 5.74) is 0.737. The van der Waals surface area contributed by atoms with E-state index in [1.165, 1.54) is 32.2 Å². The molecule has 3 aliphatic heterocycles. The second-order valence-corrected chi connectivity index (χ2v) is 8.01. The van der Waals surface area contributed by atoms with Crippen LogP contribution in [0.1, 0.15) is 49.4 Å². The summed E-state index contributed by atoms with van der Waals surface area (Å²) in [6, 6.07) is 4.57. The van der Waals surface area contributed by atoms with Crippen LogP contribution >= 0.6 is 0 Å². The first-order valence-corrected chi connectivity index (χ1v) is 9.95. The first-order chi connectivity index (χ1) is 12.2. The maximum atomic E-state index is 12.9. The molecule has 5 heteroatoms. The molecular weight excluding hydrogens is 312 g/mol. The summed E-state index contributed by atoms with van der Waals surface area (Å²) < 4.78 is 0. The van der Waals surface area contributed by atoms with Crippen LogP contribution in [0.25, 0.3) is 0 Å². The molecule has 4 heterocycles. The second-order valence-electron chi connectivity index (χ2n) is 8.01. The van der Waals surface area contributed by atoms with Gasteiger partial charge in [0, 0.05) is 45.0 Å². The van der Waals surface area contributed by atoms with Crippen molar-refractivity contribution in [3.63, 3.8) is 0 Å². The predicted octanol–water partition coefficient (Wildman–Crippen LogP) is 2.63. The van der Waals surface area contributed by atoms with Crippen LogP contribution in [0.5, 0.6) is 0 Å². The molecule has 0 radical (unpaired) electrons. The van der Waals surface area contributed by atoms with Crippen molar-refractivity contribution in [2.24, 2.45) is 5.92 Å². The van der Waals surface area contributed by atoms with Gasteiger partial charge in [-0.3, -0.25) is 9.69 Å². The quantitative estimate of drug-likeness (QED) is 0.828. The maximum absolute atomic E-state index is 12.9. The number of carbonyl (C=O) groups excluding carboxylic acids is 1. The molecule has 4 rings (SSSR count). The van der Waals surface area contributed by atoms with E-state index in [0.717, 1.165) is 56.4 Å². The van der Waals surface area contributed by atoms with E-state index in [9.17, 15) is 4.79 Å². The molecule has 0 aromatic carbocycles. The SMILES string of the molecule is CC1CCN(c2ccc(C(=O)N3CCCN4CCC[C@@H]4C3)cn2)CC1. The lowest BCUT2D eigenvalue weighted by Gasteiger charge is -2.31. The van der Waals surface area contributed by atoms with Gasteiger partial charge >= 0.3 is 0 Å². The molecule has 1 atom stereocenters. The Balaban J connectivity index is 1.41. The van der Waals surface area contributed by atoms with Crippen LogP contribution in [0.3, 0.4) is 0 Å². The van der Waals surface area contributed by atoms with Crippen LogP contribution in [-0.2, 0) is 0 Å². The molecule has 136 valence electrons. The van der Waals surface area contributed by atoms with Gasteiger partial charge in [0.05, 0.1) is 5.56 Å². The first kappa shape index (κ1) is 16.8. The zero-order chi connectivity index (χ0) is 17.2. The van der Waals surface area contributed by atoms with Gasteiger partial charge in [0.1, 0.15) is 5.82 Å². The monoisotopic (exact) mass is 342 g/mol. The molecule has 3 fully saturated rings. The highest BCUT2D eigenvalue weighted by molar-refractivity contribution is 5.94. The molecule has 1 aromatic rings. The molecule has 0 bridgehead atoms. The second kappa shape index (κ2) is 7.32. The number of hydrogen-bond acceptors (Lipinski definition) is 4. The highest BCUT2D eigenvalue weighted by Crippen LogP contribution is 2.24. The summed E-state index contributed by atoms with van der Waals surface area (Å²) in [4.78, 5) is 24.5. The van der Waals surface area contributed by atoms with Gasteiger partial charge in [0.2, 0.25) is 0 Å². The van der Waals surface area contributed by atoms with Crippen molar-refractivity contribution in [1.29, 1.82) is 0 Å². The van der Waals surface area contributed by atoms with E-state index in [1.54, 1.807) is 6.20 Å². The van der Waals surface area contributed by atoms with Gasteiger partial charge in [0.15, 0.2) is 0 Å². The molecule has 0 unspecified atom stereocenters. The highest BCUT2D eigenvalue weighted by atomic mass is 16.2. The van der Waals surface area contributed by atoms with Crippen LogP contribution in [0.2, 0.25) is 0 Å². The number of piperidine rings is 1. The van der Waals surface area contributed by atoms with E-state index in [1.807, 2.05) is 12.1 Å². The third-order valence-corrected chi connectivity index (χ3v) is 6.19. The lowest BCUT2D eigenvalue weighted by atomic mass is 9.99. The number of fused-ring (bicyclic) bond motifs is 1. The Labute approximate surface area is 151 Å². The maximum Gasteiger partial charge on any atom is 0.255 e. The minimum atomic E-state index is 0.153. The summed E-state index contributed by atoms with van der Waals surface area (Å²) >= 11 is 0. The van der Waals surface area contributed by atoms with Gasteiger partial charge in [-0.15, -0.1) is 0 Å². The van der Waals surface area contributed by atoms with Crippen LogP contribution < -0.4 is 4.90 Å². The molecule has 1 aromatic heterocycles. The van der Waals surface area contributed by atoms with E-state index in [-0.39, 0.29) is 5.91 Å². The fourth-order valence-electron chi connectivity index (χ4n) is 4.51. The third-order valence-electron chi connectivity index (χ3n) is 6.19. The lowest BCUT2D eigenvalue weighted by molar-refractivity contribution is 0.0743. The van der Waals surface area contributed by atoms with E-state index >= 15 is 0 Å². The Morgan fingerprint density at radius 3 is 2.60 bits per heavy atom. The summed E-state index contributed by atoms with van der Waals surface area (Å²) in [5, 5.41) is 0. The zero-order valence-electron chi connectivity index (χ0n) is 15.4. The van der Waals surface area contributed by atoms with Crippen molar-refractivity contribution in [2.75, 3.05) is 44.2 Å². The van der Waals surface area contributed by atoms with Crippen molar-refractivity contribution in [1.82, 2.24) is 14.8 Å². The Morgan fingerprint density at radius 2 is 1.84 bits per heavy atom. The number of rotatable bonds is 2. The molecule has 25 heavy (non-hydrogen) atoms. The van der Waals surface area contributed by atoms with E-state index in [4.69, 9.17) is 0 Å². The van der Waals surface area contributed by atoms with Gasteiger partial charge in [-0.2, -0.15) is 0 Å². The average molecular weight is 342 g/mol. The average Bonchev–Trinajstić information content (AvgIpc) is 2.99. The van der Waals surface area contributed by atoms with Gasteiger partial charge in [0.25, 0.3) is 5.91 Å². The van der Waals surface area contributed by atoms with Crippen molar-refractivity contribution in [3.05, 3.63) is 23.9 Å². The van der Waals surface area contributed by atoms with Crippen molar-refractivity contribution >= 4 is 11.7 Å². The fraction of sp³-hybridized carbons (Fsp3) is 0.700. The number of amides is 1. The van der Waals surface area contributed by atoms with E-state index in [0.29, 0.717) is 6.04 Å². The zero-order valence-corrected chi connectivity index (χ0v) is 15.4. The van der Waals surface area contributed by atoms with E-state index in [2.05, 4.69) is 26.6 Å². The minimum Gasteiger partial charge on any atom is -0.357 e. The Morgan fingerprint density at radius 1 is 1.04 bits per heavy atom. The molecule has 1 amide bonds. The van der Waals surface area contributed by atoms with E-state index < -0.39 is 0 Å². The molecule has 3 saturated heterocycles. The number of hydrogen-bond donors (Lipinski definition) is 0. The largest absolute Gasteiger partial charge is 0.357 e.